The molecule has 0 aliphatic heterocycles. The van der Waals surface area contributed by atoms with Gasteiger partial charge < -0.3 is 9.80 Å². The van der Waals surface area contributed by atoms with Gasteiger partial charge in [0.1, 0.15) is 0 Å². The zero-order chi connectivity index (χ0) is 12.9. The lowest BCUT2D eigenvalue weighted by molar-refractivity contribution is -0.128. The molecule has 1 amide bonds. The predicted octanol–water partition coefficient (Wildman–Crippen LogP) is 0.735. The highest BCUT2D eigenvalue weighted by Gasteiger charge is 2.20. The average Bonchev–Trinajstić information content (AvgIpc) is 2.14. The fraction of sp³-hybridized carbons (Fsp3) is 0.917. The molecule has 1 atom stereocenters. The number of likely N-dealkylation sites (N-methyl/N-ethyl adjacent to an activating group) is 3. The van der Waals surface area contributed by atoms with Crippen LogP contribution in [-0.2, 0) is 4.79 Å². The lowest BCUT2D eigenvalue weighted by Gasteiger charge is -2.35. The molecule has 0 aliphatic rings. The van der Waals surface area contributed by atoms with Crippen molar-refractivity contribution in [2.75, 3.05) is 41.3 Å². The second-order valence-corrected chi connectivity index (χ2v) is 5.07. The Balaban J connectivity index is 4.48. The molecule has 0 saturated heterocycles. The molecular formula is C12H27N3O. The molecule has 0 rings (SSSR count). The van der Waals surface area contributed by atoms with Gasteiger partial charge in [-0.15, -0.1) is 0 Å². The number of nitrogens with zero attached hydrogens (tertiary/aromatic N) is 3. The third-order valence-corrected chi connectivity index (χ3v) is 2.99. The number of amides is 1. The molecule has 4 heteroatoms. The van der Waals surface area contributed by atoms with Crippen LogP contribution in [0.1, 0.15) is 20.8 Å². The summed E-state index contributed by atoms with van der Waals surface area (Å²) in [4.78, 5) is 17.5. The van der Waals surface area contributed by atoms with E-state index in [1.165, 1.54) is 0 Å². The lowest BCUT2D eigenvalue weighted by atomic mass is 10.2. The number of rotatable bonds is 6. The van der Waals surface area contributed by atoms with Crippen molar-refractivity contribution in [1.29, 1.82) is 0 Å². The van der Waals surface area contributed by atoms with E-state index in [0.29, 0.717) is 12.1 Å². The Labute approximate surface area is 100 Å². The van der Waals surface area contributed by atoms with Crippen LogP contribution < -0.4 is 0 Å². The molecule has 96 valence electrons. The van der Waals surface area contributed by atoms with Gasteiger partial charge in [0.2, 0.25) is 5.91 Å². The molecular weight excluding hydrogens is 202 g/mol. The summed E-state index contributed by atoms with van der Waals surface area (Å²) >= 11 is 0. The van der Waals surface area contributed by atoms with Crippen LogP contribution in [0.3, 0.4) is 0 Å². The van der Waals surface area contributed by atoms with Crippen LogP contribution in [0.5, 0.6) is 0 Å². The van der Waals surface area contributed by atoms with E-state index in [-0.39, 0.29) is 5.91 Å². The Morgan fingerprint density at radius 3 is 1.88 bits per heavy atom. The second kappa shape index (κ2) is 6.86. The summed E-state index contributed by atoms with van der Waals surface area (Å²) in [7, 11) is 8.11. The maximum absolute atomic E-state index is 11.3. The Hall–Kier alpha value is -0.610. The van der Waals surface area contributed by atoms with Gasteiger partial charge in [0.15, 0.2) is 0 Å². The minimum Gasteiger partial charge on any atom is -0.344 e. The summed E-state index contributed by atoms with van der Waals surface area (Å²) in [6.07, 6.45) is 0. The fourth-order valence-corrected chi connectivity index (χ4v) is 1.60. The molecule has 0 radical (unpaired) electrons. The van der Waals surface area contributed by atoms with E-state index in [1.54, 1.807) is 11.8 Å². The van der Waals surface area contributed by atoms with Crippen LogP contribution in [0.25, 0.3) is 0 Å². The van der Waals surface area contributed by atoms with E-state index in [2.05, 4.69) is 44.8 Å². The quantitative estimate of drug-likeness (QED) is 0.672. The van der Waals surface area contributed by atoms with Crippen molar-refractivity contribution in [1.82, 2.24) is 14.7 Å². The third kappa shape index (κ3) is 5.47. The fourth-order valence-electron chi connectivity index (χ4n) is 1.60. The van der Waals surface area contributed by atoms with Gasteiger partial charge in [-0.2, -0.15) is 0 Å². The van der Waals surface area contributed by atoms with Crippen molar-refractivity contribution in [2.45, 2.75) is 32.9 Å². The van der Waals surface area contributed by atoms with E-state index in [4.69, 9.17) is 0 Å². The first-order valence-corrected chi connectivity index (χ1v) is 5.84. The highest BCUT2D eigenvalue weighted by molar-refractivity contribution is 5.72. The molecule has 0 aromatic carbocycles. The average molecular weight is 229 g/mol. The zero-order valence-electron chi connectivity index (χ0n) is 11.8. The van der Waals surface area contributed by atoms with Crippen molar-refractivity contribution in [3.05, 3.63) is 0 Å². The molecule has 0 N–H and O–H groups in total. The first kappa shape index (κ1) is 15.4. The van der Waals surface area contributed by atoms with E-state index in [0.717, 1.165) is 13.1 Å². The highest BCUT2D eigenvalue weighted by Crippen LogP contribution is 2.05. The maximum Gasteiger partial charge on any atom is 0.219 e. The first-order chi connectivity index (χ1) is 7.25. The van der Waals surface area contributed by atoms with Crippen LogP contribution in [-0.4, -0.2) is 74.0 Å². The molecule has 1 unspecified atom stereocenters. The topological polar surface area (TPSA) is 26.8 Å². The van der Waals surface area contributed by atoms with Crippen molar-refractivity contribution >= 4 is 5.91 Å². The summed E-state index contributed by atoms with van der Waals surface area (Å²) in [5.41, 5.74) is 0. The molecule has 0 fully saturated rings. The molecule has 0 aliphatic carbocycles. The van der Waals surface area contributed by atoms with Crippen molar-refractivity contribution < 1.29 is 4.79 Å². The minimum absolute atomic E-state index is 0.126. The van der Waals surface area contributed by atoms with E-state index in [9.17, 15) is 4.79 Å². The lowest BCUT2D eigenvalue weighted by Crippen LogP contribution is -2.49. The Morgan fingerprint density at radius 2 is 1.56 bits per heavy atom. The van der Waals surface area contributed by atoms with Gasteiger partial charge in [-0.25, -0.2) is 0 Å². The standard InChI is InChI=1S/C12H27N3O/c1-10(2)15(7)12(8-13(4)5)9-14(6)11(3)16/h10,12H,8-9H2,1-7H3. The maximum atomic E-state index is 11.3. The largest absolute Gasteiger partial charge is 0.344 e. The highest BCUT2D eigenvalue weighted by atomic mass is 16.2. The van der Waals surface area contributed by atoms with Crippen molar-refractivity contribution in [2.24, 2.45) is 0 Å². The summed E-state index contributed by atoms with van der Waals surface area (Å²) in [5.74, 6) is 0.126. The molecule has 0 aromatic rings. The Bertz CT molecular complexity index is 216. The predicted molar refractivity (Wildman–Crippen MR) is 68.6 cm³/mol. The van der Waals surface area contributed by atoms with E-state index >= 15 is 0 Å². The van der Waals surface area contributed by atoms with Gasteiger partial charge in [-0.1, -0.05) is 0 Å². The van der Waals surface area contributed by atoms with Gasteiger partial charge in [0.05, 0.1) is 0 Å². The van der Waals surface area contributed by atoms with Gasteiger partial charge in [0.25, 0.3) is 0 Å². The first-order valence-electron chi connectivity index (χ1n) is 5.84. The number of hydrogen-bond acceptors (Lipinski definition) is 3. The Kier molecular flexibility index (Phi) is 6.60. The molecule has 16 heavy (non-hydrogen) atoms. The van der Waals surface area contributed by atoms with Crippen LogP contribution in [0, 0.1) is 0 Å². The summed E-state index contributed by atoms with van der Waals surface area (Å²) in [5, 5.41) is 0. The number of carbonyl (C=O) groups excluding carboxylic acids is 1. The SMILES string of the molecule is CC(=O)N(C)CC(CN(C)C)N(C)C(C)C. The van der Waals surface area contributed by atoms with Gasteiger partial charge >= 0.3 is 0 Å². The monoisotopic (exact) mass is 229 g/mol. The molecule has 0 heterocycles. The van der Waals surface area contributed by atoms with Crippen LogP contribution in [0.15, 0.2) is 0 Å². The van der Waals surface area contributed by atoms with Crippen molar-refractivity contribution in [3.8, 4) is 0 Å². The van der Waals surface area contributed by atoms with Gasteiger partial charge in [-0.05, 0) is 35.0 Å². The molecule has 4 nitrogen and oxygen atoms in total. The van der Waals surface area contributed by atoms with E-state index in [1.807, 2.05) is 7.05 Å². The molecule has 0 aromatic heterocycles. The zero-order valence-corrected chi connectivity index (χ0v) is 11.8. The number of carbonyl (C=O) groups is 1. The second-order valence-electron chi connectivity index (χ2n) is 5.07. The van der Waals surface area contributed by atoms with Crippen molar-refractivity contribution in [3.63, 3.8) is 0 Å². The van der Waals surface area contributed by atoms with Crippen LogP contribution >= 0.6 is 0 Å². The molecule has 0 spiro atoms. The summed E-state index contributed by atoms with van der Waals surface area (Å²) < 4.78 is 0. The smallest absolute Gasteiger partial charge is 0.219 e. The van der Waals surface area contributed by atoms with Gasteiger partial charge in [-0.3, -0.25) is 9.69 Å². The van der Waals surface area contributed by atoms with Crippen LogP contribution in [0.4, 0.5) is 0 Å². The number of hydrogen-bond donors (Lipinski definition) is 0. The normalized spacial score (nSPS) is 13.6. The van der Waals surface area contributed by atoms with E-state index < -0.39 is 0 Å². The minimum atomic E-state index is 0.126. The molecule has 0 saturated carbocycles. The summed E-state index contributed by atoms with van der Waals surface area (Å²) in [6.45, 7) is 7.71. The van der Waals surface area contributed by atoms with Crippen LogP contribution in [0.2, 0.25) is 0 Å². The third-order valence-electron chi connectivity index (χ3n) is 2.99. The summed E-state index contributed by atoms with van der Waals surface area (Å²) in [6, 6.07) is 0.870. The Morgan fingerprint density at radius 1 is 1.06 bits per heavy atom. The van der Waals surface area contributed by atoms with Gasteiger partial charge in [0, 0.05) is 39.1 Å². The molecule has 0 bridgehead atoms.